The Hall–Kier alpha value is -3.27. The lowest BCUT2D eigenvalue weighted by Gasteiger charge is -2.08. The molecule has 0 bridgehead atoms. The van der Waals surface area contributed by atoms with E-state index in [4.69, 9.17) is 14.4 Å². The number of methoxy groups -OCH3 is 1. The number of nitrogens with one attached hydrogen (secondary N) is 1. The molecule has 0 fully saturated rings. The fourth-order valence-corrected chi connectivity index (χ4v) is 2.02. The molecule has 1 aromatic carbocycles. The molecular formula is C16H14N2O5. The van der Waals surface area contributed by atoms with Crippen LogP contribution in [0.15, 0.2) is 33.9 Å². The molecule has 2 rings (SSSR count). The summed E-state index contributed by atoms with van der Waals surface area (Å²) in [5, 5.41) is 21.2. The van der Waals surface area contributed by atoms with Crippen LogP contribution in [0.1, 0.15) is 24.4 Å². The third kappa shape index (κ3) is 3.01. The molecule has 0 saturated carbocycles. The van der Waals surface area contributed by atoms with E-state index in [-0.39, 0.29) is 17.3 Å². The van der Waals surface area contributed by atoms with Crippen LogP contribution >= 0.6 is 0 Å². The molecule has 118 valence electrons. The van der Waals surface area contributed by atoms with Crippen LogP contribution in [-0.4, -0.2) is 23.9 Å². The number of benzene rings is 1. The third-order valence-electron chi connectivity index (χ3n) is 3.16. The van der Waals surface area contributed by atoms with Gasteiger partial charge in [0.2, 0.25) is 0 Å². The number of hydrogen-bond acceptors (Lipinski definition) is 6. The van der Waals surface area contributed by atoms with E-state index in [1.807, 2.05) is 0 Å². The number of ketones is 1. The van der Waals surface area contributed by atoms with Gasteiger partial charge in [0.25, 0.3) is 5.91 Å². The number of nitrogens with zero attached hydrogens (tertiary/aromatic N) is 1. The minimum atomic E-state index is -0.760. The molecule has 0 aliphatic rings. The minimum absolute atomic E-state index is 0.120. The van der Waals surface area contributed by atoms with Crippen LogP contribution in [0.25, 0.3) is 11.0 Å². The average Bonchev–Trinajstić information content (AvgIpc) is 2.93. The first-order valence-corrected chi connectivity index (χ1v) is 6.61. The summed E-state index contributed by atoms with van der Waals surface area (Å²) < 4.78 is 10.6. The number of carbonyl (C=O) groups is 2. The van der Waals surface area contributed by atoms with Gasteiger partial charge < -0.3 is 19.6 Å². The normalized spacial score (nSPS) is 11.6. The number of furan rings is 1. The van der Waals surface area contributed by atoms with E-state index in [1.54, 1.807) is 18.2 Å². The molecule has 0 atom stereocenters. The first-order valence-electron chi connectivity index (χ1n) is 6.61. The van der Waals surface area contributed by atoms with Gasteiger partial charge in [-0.2, -0.15) is 5.26 Å². The summed E-state index contributed by atoms with van der Waals surface area (Å²) in [4.78, 5) is 23.5. The molecule has 0 spiro atoms. The van der Waals surface area contributed by atoms with Gasteiger partial charge in [-0.1, -0.05) is 0 Å². The first kappa shape index (κ1) is 16.1. The van der Waals surface area contributed by atoms with Crippen LogP contribution in [0, 0.1) is 11.3 Å². The molecule has 0 aliphatic carbocycles. The van der Waals surface area contributed by atoms with E-state index in [0.29, 0.717) is 22.4 Å². The standard InChI is InChI=1S/C16H14N2O5/c1-8(19)11(7-17)16(21)18-12-4-5-13(22-3)15-10(12)6-14(23-15)9(2)20/h4-6,19H,1-3H3,(H,18,21)/b11-8+. The van der Waals surface area contributed by atoms with Crippen molar-refractivity contribution in [1.29, 1.82) is 5.26 Å². The molecule has 0 aliphatic heterocycles. The zero-order valence-corrected chi connectivity index (χ0v) is 12.8. The molecule has 1 aromatic heterocycles. The molecule has 2 N–H and O–H groups in total. The lowest BCUT2D eigenvalue weighted by atomic mass is 10.1. The summed E-state index contributed by atoms with van der Waals surface area (Å²) >= 11 is 0. The molecule has 23 heavy (non-hydrogen) atoms. The van der Waals surface area contributed by atoms with Gasteiger partial charge in [0.15, 0.2) is 28.4 Å². The lowest BCUT2D eigenvalue weighted by molar-refractivity contribution is -0.112. The number of aliphatic hydroxyl groups excluding tert-OH is 1. The Balaban J connectivity index is 2.54. The third-order valence-corrected chi connectivity index (χ3v) is 3.16. The van der Waals surface area contributed by atoms with Gasteiger partial charge in [-0.15, -0.1) is 0 Å². The monoisotopic (exact) mass is 314 g/mol. The number of anilines is 1. The van der Waals surface area contributed by atoms with E-state index in [1.165, 1.54) is 27.0 Å². The molecule has 1 amide bonds. The molecule has 0 unspecified atom stereocenters. The molecular weight excluding hydrogens is 300 g/mol. The maximum atomic E-state index is 12.0. The van der Waals surface area contributed by atoms with Gasteiger partial charge in [0, 0.05) is 12.3 Å². The summed E-state index contributed by atoms with van der Waals surface area (Å²) in [6, 6.07) is 6.23. The number of nitriles is 1. The van der Waals surface area contributed by atoms with Crippen molar-refractivity contribution in [3.8, 4) is 11.8 Å². The number of Topliss-reactive ketones (excluding diaryl/α,β-unsaturated/α-hetero) is 1. The van der Waals surface area contributed by atoms with Gasteiger partial charge in [0.05, 0.1) is 12.8 Å². The van der Waals surface area contributed by atoms with Crippen molar-refractivity contribution in [3.05, 3.63) is 35.3 Å². The van der Waals surface area contributed by atoms with Gasteiger partial charge in [-0.05, 0) is 25.1 Å². The number of hydrogen-bond donors (Lipinski definition) is 2. The predicted molar refractivity (Wildman–Crippen MR) is 82.3 cm³/mol. The van der Waals surface area contributed by atoms with E-state index < -0.39 is 11.5 Å². The second kappa shape index (κ2) is 6.23. The first-order chi connectivity index (χ1) is 10.9. The minimum Gasteiger partial charge on any atom is -0.511 e. The zero-order chi connectivity index (χ0) is 17.1. The molecule has 2 aromatic rings. The number of carbonyl (C=O) groups excluding carboxylic acids is 2. The van der Waals surface area contributed by atoms with Crippen LogP contribution in [0.5, 0.6) is 5.75 Å². The van der Waals surface area contributed by atoms with Gasteiger partial charge >= 0.3 is 0 Å². The second-order valence-corrected chi connectivity index (χ2v) is 4.75. The summed E-state index contributed by atoms with van der Waals surface area (Å²) in [7, 11) is 1.45. The predicted octanol–water partition coefficient (Wildman–Crippen LogP) is 2.94. The fourth-order valence-electron chi connectivity index (χ4n) is 2.02. The van der Waals surface area contributed by atoms with Crippen molar-refractivity contribution < 1.29 is 23.8 Å². The highest BCUT2D eigenvalue weighted by Crippen LogP contribution is 2.34. The quantitative estimate of drug-likeness (QED) is 0.388. The Morgan fingerprint density at radius 3 is 2.57 bits per heavy atom. The van der Waals surface area contributed by atoms with E-state index in [9.17, 15) is 14.7 Å². The van der Waals surface area contributed by atoms with Crippen molar-refractivity contribution in [2.45, 2.75) is 13.8 Å². The highest BCUT2D eigenvalue weighted by atomic mass is 16.5. The number of fused-ring (bicyclic) bond motifs is 1. The SMILES string of the molecule is COc1ccc(NC(=O)/C(C#N)=C(\C)O)c2cc(C(C)=O)oc12. The maximum absolute atomic E-state index is 12.0. The maximum Gasteiger partial charge on any atom is 0.269 e. The summed E-state index contributed by atoms with van der Waals surface area (Å²) in [6.45, 7) is 2.60. The van der Waals surface area contributed by atoms with E-state index in [2.05, 4.69) is 5.32 Å². The van der Waals surface area contributed by atoms with Crippen LogP contribution in [0.2, 0.25) is 0 Å². The zero-order valence-electron chi connectivity index (χ0n) is 12.8. The van der Waals surface area contributed by atoms with Crippen molar-refractivity contribution in [1.82, 2.24) is 0 Å². The van der Waals surface area contributed by atoms with Gasteiger partial charge in [-0.25, -0.2) is 0 Å². The average molecular weight is 314 g/mol. The molecule has 1 heterocycles. The molecule has 0 saturated heterocycles. The Kier molecular flexibility index (Phi) is 4.37. The largest absolute Gasteiger partial charge is 0.511 e. The molecule has 0 radical (unpaired) electrons. The van der Waals surface area contributed by atoms with Crippen LogP contribution in [-0.2, 0) is 4.79 Å². The molecule has 7 nitrogen and oxygen atoms in total. The van der Waals surface area contributed by atoms with Crippen LogP contribution in [0.3, 0.4) is 0 Å². The number of ether oxygens (including phenoxy) is 1. The highest BCUT2D eigenvalue weighted by Gasteiger charge is 2.18. The number of rotatable bonds is 4. The topological polar surface area (TPSA) is 113 Å². The smallest absolute Gasteiger partial charge is 0.269 e. The number of aliphatic hydroxyl groups is 1. The van der Waals surface area contributed by atoms with Gasteiger partial charge in [-0.3, -0.25) is 9.59 Å². The van der Waals surface area contributed by atoms with Crippen molar-refractivity contribution in [3.63, 3.8) is 0 Å². The summed E-state index contributed by atoms with van der Waals surface area (Å²) in [5.41, 5.74) is 0.235. The van der Waals surface area contributed by atoms with Crippen LogP contribution < -0.4 is 10.1 Å². The van der Waals surface area contributed by atoms with Gasteiger partial charge in [0.1, 0.15) is 11.8 Å². The Bertz CT molecular complexity index is 866. The highest BCUT2D eigenvalue weighted by molar-refractivity contribution is 6.12. The van der Waals surface area contributed by atoms with Crippen molar-refractivity contribution in [2.24, 2.45) is 0 Å². The molecule has 7 heteroatoms. The number of allylic oxidation sites excluding steroid dienone is 1. The summed E-state index contributed by atoms with van der Waals surface area (Å²) in [6.07, 6.45) is 0. The Morgan fingerprint density at radius 2 is 2.04 bits per heavy atom. The Labute approximate surface area is 131 Å². The summed E-state index contributed by atoms with van der Waals surface area (Å²) in [5.74, 6) is -0.894. The van der Waals surface area contributed by atoms with E-state index >= 15 is 0 Å². The van der Waals surface area contributed by atoms with Crippen molar-refractivity contribution in [2.75, 3.05) is 12.4 Å². The van der Waals surface area contributed by atoms with E-state index in [0.717, 1.165) is 0 Å². The fraction of sp³-hybridized carbons (Fsp3) is 0.188. The Morgan fingerprint density at radius 1 is 1.35 bits per heavy atom. The number of amides is 1. The van der Waals surface area contributed by atoms with Crippen molar-refractivity contribution >= 4 is 28.3 Å². The van der Waals surface area contributed by atoms with Crippen LogP contribution in [0.4, 0.5) is 5.69 Å². The lowest BCUT2D eigenvalue weighted by Crippen LogP contribution is -2.15. The second-order valence-electron chi connectivity index (χ2n) is 4.75.